The highest BCUT2D eigenvalue weighted by atomic mass is 32.1. The molecular weight excluding hydrogens is 314 g/mol. The van der Waals surface area contributed by atoms with Crippen LogP contribution in [0.25, 0.3) is 0 Å². The fourth-order valence-electron chi connectivity index (χ4n) is 3.39. The van der Waals surface area contributed by atoms with Crippen molar-refractivity contribution in [3.63, 3.8) is 0 Å². The maximum atomic E-state index is 12.4. The van der Waals surface area contributed by atoms with Crippen molar-refractivity contribution in [3.8, 4) is 0 Å². The third kappa shape index (κ3) is 3.17. The third-order valence-electron chi connectivity index (χ3n) is 4.54. The first-order chi connectivity index (χ1) is 11.3. The van der Waals surface area contributed by atoms with Crippen molar-refractivity contribution in [3.05, 3.63) is 40.7 Å². The van der Waals surface area contributed by atoms with Crippen LogP contribution in [-0.4, -0.2) is 59.6 Å². The molecule has 2 aromatic heterocycles. The van der Waals surface area contributed by atoms with E-state index in [-0.39, 0.29) is 12.0 Å². The zero-order valence-electron chi connectivity index (χ0n) is 12.8. The molecule has 2 aliphatic heterocycles. The highest BCUT2D eigenvalue weighted by molar-refractivity contribution is 7.07. The van der Waals surface area contributed by atoms with Crippen molar-refractivity contribution in [2.75, 3.05) is 32.8 Å². The SMILES string of the molecule is O=C(c1cocn1)N1C[C@H]2CN(Cc3ccsc3)CCO[C@H]2C1. The predicted molar refractivity (Wildman–Crippen MR) is 85.2 cm³/mol. The van der Waals surface area contributed by atoms with Gasteiger partial charge in [0.25, 0.3) is 5.91 Å². The predicted octanol–water partition coefficient (Wildman–Crippen LogP) is 1.71. The standard InChI is InChI=1S/C16H19N3O3S/c20-16(14-9-21-11-17-14)19-7-13-6-18(2-3-22-15(13)8-19)5-12-1-4-23-10-12/h1,4,9-11,13,15H,2-3,5-8H2/t13-,15+/m1/s1. The van der Waals surface area contributed by atoms with Crippen LogP contribution in [0.3, 0.4) is 0 Å². The van der Waals surface area contributed by atoms with Gasteiger partial charge in [-0.05, 0) is 22.4 Å². The Morgan fingerprint density at radius 3 is 3.13 bits per heavy atom. The van der Waals surface area contributed by atoms with Gasteiger partial charge >= 0.3 is 0 Å². The minimum absolute atomic E-state index is 0.0696. The van der Waals surface area contributed by atoms with Gasteiger partial charge in [0.1, 0.15) is 6.26 Å². The Kier molecular flexibility index (Phi) is 4.15. The molecule has 0 unspecified atom stereocenters. The lowest BCUT2D eigenvalue weighted by Crippen LogP contribution is -2.33. The van der Waals surface area contributed by atoms with Gasteiger partial charge in [-0.25, -0.2) is 4.98 Å². The van der Waals surface area contributed by atoms with E-state index in [0.29, 0.717) is 18.2 Å². The van der Waals surface area contributed by atoms with Crippen LogP contribution in [0.4, 0.5) is 0 Å². The number of likely N-dealkylation sites (tertiary alicyclic amines) is 1. The third-order valence-corrected chi connectivity index (χ3v) is 5.27. The van der Waals surface area contributed by atoms with Crippen molar-refractivity contribution in [1.82, 2.24) is 14.8 Å². The fourth-order valence-corrected chi connectivity index (χ4v) is 4.05. The van der Waals surface area contributed by atoms with Gasteiger partial charge in [0, 0.05) is 38.6 Å². The van der Waals surface area contributed by atoms with Gasteiger partial charge in [-0.3, -0.25) is 9.69 Å². The molecule has 2 atom stereocenters. The molecule has 0 aromatic carbocycles. The Morgan fingerprint density at radius 1 is 1.39 bits per heavy atom. The monoisotopic (exact) mass is 333 g/mol. The van der Waals surface area contributed by atoms with Crippen LogP contribution in [0.1, 0.15) is 16.1 Å². The molecule has 4 heterocycles. The van der Waals surface area contributed by atoms with Crippen LogP contribution in [0.15, 0.2) is 33.9 Å². The minimum Gasteiger partial charge on any atom is -0.451 e. The number of fused-ring (bicyclic) bond motifs is 1. The maximum Gasteiger partial charge on any atom is 0.275 e. The minimum atomic E-state index is -0.0696. The summed E-state index contributed by atoms with van der Waals surface area (Å²) in [6, 6.07) is 2.17. The number of hydrogen-bond donors (Lipinski definition) is 0. The number of thiophene rings is 1. The van der Waals surface area contributed by atoms with Crippen molar-refractivity contribution in [2.45, 2.75) is 12.6 Å². The lowest BCUT2D eigenvalue weighted by Gasteiger charge is -2.22. The zero-order chi connectivity index (χ0) is 15.6. The highest BCUT2D eigenvalue weighted by Crippen LogP contribution is 2.25. The number of ether oxygens (including phenoxy) is 1. The molecule has 7 heteroatoms. The summed E-state index contributed by atoms with van der Waals surface area (Å²) in [6.45, 7) is 4.94. The summed E-state index contributed by atoms with van der Waals surface area (Å²) in [7, 11) is 0. The maximum absolute atomic E-state index is 12.4. The molecule has 0 spiro atoms. The second-order valence-electron chi connectivity index (χ2n) is 6.12. The van der Waals surface area contributed by atoms with Gasteiger partial charge in [0.2, 0.25) is 0 Å². The first-order valence-electron chi connectivity index (χ1n) is 7.82. The van der Waals surface area contributed by atoms with Crippen molar-refractivity contribution < 1.29 is 13.9 Å². The van der Waals surface area contributed by atoms with Gasteiger partial charge in [-0.1, -0.05) is 0 Å². The summed E-state index contributed by atoms with van der Waals surface area (Å²) in [5.41, 5.74) is 1.72. The summed E-state index contributed by atoms with van der Waals surface area (Å²) in [5, 5.41) is 4.30. The first-order valence-corrected chi connectivity index (χ1v) is 8.76. The number of aromatic nitrogens is 1. The van der Waals surface area contributed by atoms with Crippen molar-refractivity contribution in [2.24, 2.45) is 5.92 Å². The molecule has 0 aliphatic carbocycles. The smallest absolute Gasteiger partial charge is 0.275 e. The summed E-state index contributed by atoms with van der Waals surface area (Å²) < 4.78 is 10.9. The molecule has 4 rings (SSSR count). The molecule has 6 nitrogen and oxygen atoms in total. The Bertz CT molecular complexity index is 644. The molecule has 2 aromatic rings. The van der Waals surface area contributed by atoms with E-state index in [4.69, 9.17) is 9.15 Å². The van der Waals surface area contributed by atoms with E-state index in [1.54, 1.807) is 11.3 Å². The Morgan fingerprint density at radius 2 is 2.35 bits per heavy atom. The Labute approximate surface area is 138 Å². The van der Waals surface area contributed by atoms with Crippen LogP contribution in [-0.2, 0) is 11.3 Å². The number of rotatable bonds is 3. The topological polar surface area (TPSA) is 58.8 Å². The Balaban J connectivity index is 1.41. The molecule has 0 bridgehead atoms. The molecule has 2 fully saturated rings. The van der Waals surface area contributed by atoms with Crippen LogP contribution in [0.2, 0.25) is 0 Å². The molecule has 0 saturated carbocycles. The molecule has 23 heavy (non-hydrogen) atoms. The molecule has 0 radical (unpaired) electrons. The van der Waals surface area contributed by atoms with E-state index >= 15 is 0 Å². The second-order valence-corrected chi connectivity index (χ2v) is 6.90. The van der Waals surface area contributed by atoms with Crippen LogP contribution < -0.4 is 0 Å². The number of oxazole rings is 1. The van der Waals surface area contributed by atoms with Gasteiger partial charge in [0.15, 0.2) is 12.1 Å². The summed E-state index contributed by atoms with van der Waals surface area (Å²) in [4.78, 5) is 20.6. The van der Waals surface area contributed by atoms with E-state index in [9.17, 15) is 4.79 Å². The van der Waals surface area contributed by atoms with Gasteiger partial charge in [-0.15, -0.1) is 0 Å². The van der Waals surface area contributed by atoms with Gasteiger partial charge < -0.3 is 14.1 Å². The molecule has 2 saturated heterocycles. The summed E-state index contributed by atoms with van der Waals surface area (Å²) in [5.74, 6) is 0.284. The van der Waals surface area contributed by atoms with E-state index in [0.717, 1.165) is 32.8 Å². The van der Waals surface area contributed by atoms with E-state index in [1.165, 1.54) is 18.2 Å². The quantitative estimate of drug-likeness (QED) is 0.856. The van der Waals surface area contributed by atoms with Crippen LogP contribution in [0.5, 0.6) is 0 Å². The van der Waals surface area contributed by atoms with Crippen LogP contribution in [0, 0.1) is 5.92 Å². The molecule has 0 N–H and O–H groups in total. The normalized spacial score (nSPS) is 25.3. The first kappa shape index (κ1) is 14.9. The average molecular weight is 333 g/mol. The fraction of sp³-hybridized carbons (Fsp3) is 0.500. The second kappa shape index (κ2) is 6.43. The summed E-state index contributed by atoms with van der Waals surface area (Å²) in [6.07, 6.45) is 2.82. The van der Waals surface area contributed by atoms with Gasteiger partial charge in [0.05, 0.1) is 12.7 Å². The summed E-state index contributed by atoms with van der Waals surface area (Å²) >= 11 is 1.73. The lowest BCUT2D eigenvalue weighted by atomic mass is 10.1. The number of hydrogen-bond acceptors (Lipinski definition) is 6. The van der Waals surface area contributed by atoms with E-state index < -0.39 is 0 Å². The van der Waals surface area contributed by atoms with Crippen molar-refractivity contribution >= 4 is 17.2 Å². The van der Waals surface area contributed by atoms with Gasteiger partial charge in [-0.2, -0.15) is 11.3 Å². The number of nitrogens with zero attached hydrogens (tertiary/aromatic N) is 3. The molecule has 1 amide bonds. The van der Waals surface area contributed by atoms with E-state index in [2.05, 4.69) is 26.7 Å². The zero-order valence-corrected chi connectivity index (χ0v) is 13.6. The molecular formula is C16H19N3O3S. The van der Waals surface area contributed by atoms with Crippen molar-refractivity contribution in [1.29, 1.82) is 0 Å². The number of carbonyl (C=O) groups excluding carboxylic acids is 1. The Hall–Kier alpha value is -1.70. The average Bonchev–Trinajstić information content (AvgIpc) is 3.28. The lowest BCUT2D eigenvalue weighted by molar-refractivity contribution is 0.0482. The number of amides is 1. The highest BCUT2D eigenvalue weighted by Gasteiger charge is 2.39. The van der Waals surface area contributed by atoms with Crippen LogP contribution >= 0.6 is 11.3 Å². The number of carbonyl (C=O) groups is 1. The molecule has 122 valence electrons. The molecule has 2 aliphatic rings. The van der Waals surface area contributed by atoms with E-state index in [1.807, 2.05) is 4.90 Å². The largest absolute Gasteiger partial charge is 0.451 e.